The number of benzene rings is 2. The van der Waals surface area contributed by atoms with Crippen molar-refractivity contribution in [2.45, 2.75) is 16.3 Å². The molecule has 0 bridgehead atoms. The van der Waals surface area contributed by atoms with Crippen LogP contribution in [-0.2, 0) is 8.87 Å². The number of carbonyl (C=O) groups is 1. The minimum Gasteiger partial charge on any atom is -0.491 e. The van der Waals surface area contributed by atoms with E-state index in [-0.39, 0.29) is 36.4 Å². The zero-order valence-corrected chi connectivity index (χ0v) is 19.8. The summed E-state index contributed by atoms with van der Waals surface area (Å²) in [4.78, 5) is 11.2. The Hall–Kier alpha value is -2.17. The van der Waals surface area contributed by atoms with Gasteiger partial charge in [0.25, 0.3) is 0 Å². The Bertz CT molecular complexity index is 900. The molecule has 1 amide bonds. The summed E-state index contributed by atoms with van der Waals surface area (Å²) in [5, 5.41) is 30.9. The molecule has 0 aliphatic carbocycles. The Morgan fingerprint density at radius 3 is 1.91 bits per heavy atom. The summed E-state index contributed by atoms with van der Waals surface area (Å²) >= 11 is 3.76. The van der Waals surface area contributed by atoms with Gasteiger partial charge in [0, 0.05) is 18.1 Å². The lowest BCUT2D eigenvalue weighted by Crippen LogP contribution is -2.34. The fourth-order valence-corrected chi connectivity index (χ4v) is 6.53. The number of nitrogens with one attached hydrogen (secondary N) is 1. The number of hydrogen-bond acceptors (Lipinski definition) is 8. The highest BCUT2D eigenvalue weighted by atomic mass is 32.2. The van der Waals surface area contributed by atoms with Gasteiger partial charge in [0.05, 0.1) is 6.61 Å². The molecule has 3 rings (SSSR count). The summed E-state index contributed by atoms with van der Waals surface area (Å²) in [7, 11) is 0. The number of amides is 1. The summed E-state index contributed by atoms with van der Waals surface area (Å²) in [5.41, 5.74) is 2.29. The van der Waals surface area contributed by atoms with Crippen molar-refractivity contribution >= 4 is 29.4 Å². The van der Waals surface area contributed by atoms with Gasteiger partial charge in [0.1, 0.15) is 41.0 Å². The number of thioether (sulfide) groups is 2. The van der Waals surface area contributed by atoms with Gasteiger partial charge in [-0.3, -0.25) is 4.79 Å². The van der Waals surface area contributed by atoms with Crippen LogP contribution in [0, 0.1) is 0 Å². The first kappa shape index (κ1) is 25.5. The molecular weight excluding hydrogens is 462 g/mol. The summed E-state index contributed by atoms with van der Waals surface area (Å²) in [6.07, 6.45) is -0.562. The van der Waals surface area contributed by atoms with Crippen molar-refractivity contribution in [1.82, 2.24) is 5.32 Å². The van der Waals surface area contributed by atoms with Crippen LogP contribution in [0.15, 0.2) is 61.2 Å². The molecule has 9 heteroatoms. The minimum absolute atomic E-state index is 0.0429. The second-order valence-corrected chi connectivity index (χ2v) is 10.3. The lowest BCUT2D eigenvalue weighted by atomic mass is 10.0. The van der Waals surface area contributed by atoms with Crippen LogP contribution in [0.1, 0.15) is 11.1 Å². The number of rotatable bonds is 12. The minimum atomic E-state index is -0.898. The van der Waals surface area contributed by atoms with Gasteiger partial charge < -0.3 is 30.1 Å². The molecule has 4 N–H and O–H groups in total. The third-order valence-electron chi connectivity index (χ3n) is 4.96. The van der Waals surface area contributed by atoms with Crippen LogP contribution in [0.3, 0.4) is 0 Å². The Kier molecular flexibility index (Phi) is 9.52. The topological polar surface area (TPSA) is 108 Å². The highest BCUT2D eigenvalue weighted by Crippen LogP contribution is 2.56. The van der Waals surface area contributed by atoms with Crippen molar-refractivity contribution in [3.63, 3.8) is 0 Å². The average molecular weight is 492 g/mol. The zero-order chi connectivity index (χ0) is 23.7. The largest absolute Gasteiger partial charge is 0.491 e. The van der Waals surface area contributed by atoms with Gasteiger partial charge in [-0.25, -0.2) is 0 Å². The first-order valence-corrected chi connectivity index (χ1v) is 12.6. The first-order valence-electron chi connectivity index (χ1n) is 10.6. The summed E-state index contributed by atoms with van der Waals surface area (Å²) in [6.45, 7) is 3.24. The maximum Gasteiger partial charge on any atom is 0.243 e. The predicted octanol–water partition coefficient (Wildman–Crippen LogP) is 2.14. The van der Waals surface area contributed by atoms with Crippen LogP contribution >= 0.6 is 23.5 Å². The average Bonchev–Trinajstić information content (AvgIpc) is 3.36. The molecule has 0 aromatic heterocycles. The fraction of sp³-hybridized carbons (Fsp3) is 0.375. The van der Waals surface area contributed by atoms with E-state index in [9.17, 15) is 15.0 Å². The van der Waals surface area contributed by atoms with Crippen molar-refractivity contribution < 1.29 is 29.6 Å². The quantitative estimate of drug-likeness (QED) is 0.335. The van der Waals surface area contributed by atoms with Crippen LogP contribution in [0.25, 0.3) is 0 Å². The number of carbonyl (C=O) groups excluding carboxylic acids is 1. The molecule has 7 nitrogen and oxygen atoms in total. The molecule has 178 valence electrons. The van der Waals surface area contributed by atoms with E-state index in [1.54, 1.807) is 0 Å². The van der Waals surface area contributed by atoms with Crippen molar-refractivity contribution in [3.05, 3.63) is 72.3 Å². The highest BCUT2D eigenvalue weighted by molar-refractivity contribution is 8.20. The molecule has 2 unspecified atom stereocenters. The summed E-state index contributed by atoms with van der Waals surface area (Å²) in [5.74, 6) is 3.01. The molecular formula is C24H29NO6S2. The van der Waals surface area contributed by atoms with E-state index in [4.69, 9.17) is 14.6 Å². The van der Waals surface area contributed by atoms with Crippen molar-refractivity contribution in [2.24, 2.45) is 0 Å². The van der Waals surface area contributed by atoms with E-state index in [0.29, 0.717) is 11.5 Å². The van der Waals surface area contributed by atoms with Gasteiger partial charge in [0.2, 0.25) is 5.91 Å². The van der Waals surface area contributed by atoms with E-state index in [2.05, 4.69) is 11.9 Å². The standard InChI is InChI=1S/C24H29NO6S2/c1-2-23(29)25-13-19(27)15-30-21-7-3-17(4-8-21)24(32-11-12-33-24)18-5-9-22(10-6-18)31-16-20(28)14-26/h2-10,19-20,26-28H,1,11-16H2,(H,25,29). The number of ether oxygens (including phenoxy) is 2. The molecule has 0 saturated carbocycles. The van der Waals surface area contributed by atoms with E-state index in [0.717, 1.165) is 28.7 Å². The van der Waals surface area contributed by atoms with Gasteiger partial charge in [-0.15, -0.1) is 23.5 Å². The van der Waals surface area contributed by atoms with Crippen LogP contribution in [0.2, 0.25) is 0 Å². The molecule has 1 fully saturated rings. The normalized spacial score (nSPS) is 16.6. The van der Waals surface area contributed by atoms with Crippen molar-refractivity contribution in [3.8, 4) is 11.5 Å². The second kappa shape index (κ2) is 12.3. The summed E-state index contributed by atoms with van der Waals surface area (Å²) < 4.78 is 11.0. The van der Waals surface area contributed by atoms with Gasteiger partial charge in [-0.2, -0.15) is 0 Å². The molecule has 2 aromatic carbocycles. The third kappa shape index (κ3) is 6.91. The Morgan fingerprint density at radius 2 is 1.45 bits per heavy atom. The summed E-state index contributed by atoms with van der Waals surface area (Å²) in [6, 6.07) is 15.7. The molecule has 1 saturated heterocycles. The van der Waals surface area contributed by atoms with Crippen LogP contribution in [0.5, 0.6) is 11.5 Å². The van der Waals surface area contributed by atoms with Gasteiger partial charge in [-0.1, -0.05) is 30.8 Å². The van der Waals surface area contributed by atoms with Crippen molar-refractivity contribution in [2.75, 3.05) is 37.9 Å². The number of aliphatic hydroxyl groups is 3. The smallest absolute Gasteiger partial charge is 0.243 e. The molecule has 33 heavy (non-hydrogen) atoms. The number of aliphatic hydroxyl groups excluding tert-OH is 3. The van der Waals surface area contributed by atoms with Crippen LogP contribution in [-0.4, -0.2) is 71.3 Å². The van der Waals surface area contributed by atoms with E-state index < -0.39 is 12.2 Å². The highest BCUT2D eigenvalue weighted by Gasteiger charge is 2.39. The van der Waals surface area contributed by atoms with Gasteiger partial charge in [0.15, 0.2) is 0 Å². The van der Waals surface area contributed by atoms with E-state index in [1.165, 1.54) is 0 Å². The molecule has 1 heterocycles. The second-order valence-electron chi connectivity index (χ2n) is 7.42. The Balaban J connectivity index is 1.64. The molecule has 0 spiro atoms. The van der Waals surface area contributed by atoms with Gasteiger partial charge in [-0.05, 0) is 41.5 Å². The molecule has 1 aliphatic rings. The Labute approximate surface area is 202 Å². The molecule has 0 radical (unpaired) electrons. The number of hydrogen-bond donors (Lipinski definition) is 4. The molecule has 2 aromatic rings. The predicted molar refractivity (Wildman–Crippen MR) is 132 cm³/mol. The first-order chi connectivity index (χ1) is 16.0. The maximum absolute atomic E-state index is 11.2. The fourth-order valence-electron chi connectivity index (χ4n) is 3.24. The SMILES string of the molecule is C=CC(=O)NCC(O)COc1ccc(C2(c3ccc(OCC(O)CO)cc3)SCCS2)cc1. The van der Waals surface area contributed by atoms with Gasteiger partial charge >= 0.3 is 0 Å². The Morgan fingerprint density at radius 1 is 0.970 bits per heavy atom. The van der Waals surface area contributed by atoms with Crippen LogP contribution < -0.4 is 14.8 Å². The molecule has 1 aliphatic heterocycles. The lowest BCUT2D eigenvalue weighted by Gasteiger charge is -2.29. The lowest BCUT2D eigenvalue weighted by molar-refractivity contribution is -0.117. The maximum atomic E-state index is 11.2. The van der Waals surface area contributed by atoms with Crippen LogP contribution in [0.4, 0.5) is 0 Å². The van der Waals surface area contributed by atoms with Crippen molar-refractivity contribution in [1.29, 1.82) is 0 Å². The monoisotopic (exact) mass is 491 g/mol. The van der Waals surface area contributed by atoms with E-state index in [1.807, 2.05) is 72.1 Å². The van der Waals surface area contributed by atoms with E-state index >= 15 is 0 Å². The third-order valence-corrected chi connectivity index (χ3v) is 8.49. The molecule has 2 atom stereocenters. The zero-order valence-electron chi connectivity index (χ0n) is 18.2.